The van der Waals surface area contributed by atoms with Gasteiger partial charge in [-0.15, -0.1) is 24.0 Å². The number of nitrogens with zero attached hydrogens (tertiary/aromatic N) is 4. The summed E-state index contributed by atoms with van der Waals surface area (Å²) in [6.45, 7) is 1.38. The summed E-state index contributed by atoms with van der Waals surface area (Å²) in [7, 11) is 3.43. The minimum absolute atomic E-state index is 0. The van der Waals surface area contributed by atoms with E-state index in [0.29, 0.717) is 30.4 Å². The van der Waals surface area contributed by atoms with Crippen molar-refractivity contribution in [3.05, 3.63) is 60.0 Å². The zero-order valence-corrected chi connectivity index (χ0v) is 18.8. The molecule has 0 fully saturated rings. The molecule has 0 atom stereocenters. The molecular formula is C20H25IN6O2. The van der Waals surface area contributed by atoms with Crippen molar-refractivity contribution in [3.8, 4) is 17.3 Å². The van der Waals surface area contributed by atoms with Gasteiger partial charge >= 0.3 is 0 Å². The van der Waals surface area contributed by atoms with Gasteiger partial charge in [-0.3, -0.25) is 9.98 Å². The second-order valence-electron chi connectivity index (χ2n) is 5.97. The van der Waals surface area contributed by atoms with Crippen molar-refractivity contribution in [2.45, 2.75) is 12.8 Å². The van der Waals surface area contributed by atoms with Crippen LogP contribution in [0.4, 0.5) is 0 Å². The molecule has 0 aliphatic rings. The van der Waals surface area contributed by atoms with Gasteiger partial charge in [0.15, 0.2) is 11.8 Å². The third kappa shape index (κ3) is 6.70. The van der Waals surface area contributed by atoms with Crippen LogP contribution in [0.3, 0.4) is 0 Å². The third-order valence-corrected chi connectivity index (χ3v) is 4.10. The fourth-order valence-corrected chi connectivity index (χ4v) is 2.69. The Hall–Kier alpha value is -2.69. The number of hydrogen-bond acceptors (Lipinski definition) is 6. The maximum absolute atomic E-state index is 5.38. The molecule has 2 heterocycles. The predicted octanol–water partition coefficient (Wildman–Crippen LogP) is 2.71. The summed E-state index contributed by atoms with van der Waals surface area (Å²) in [4.78, 5) is 12.8. The number of halogens is 1. The second-order valence-corrected chi connectivity index (χ2v) is 5.97. The maximum atomic E-state index is 5.38. The Morgan fingerprint density at radius 1 is 1.07 bits per heavy atom. The van der Waals surface area contributed by atoms with Crippen LogP contribution in [0.15, 0.2) is 58.2 Å². The molecule has 0 radical (unpaired) electrons. The highest BCUT2D eigenvalue weighted by Gasteiger charge is 2.09. The lowest BCUT2D eigenvalue weighted by atomic mass is 10.1. The van der Waals surface area contributed by atoms with Gasteiger partial charge in [0.2, 0.25) is 0 Å². The Morgan fingerprint density at radius 2 is 1.83 bits per heavy atom. The molecule has 3 aromatic rings. The van der Waals surface area contributed by atoms with Gasteiger partial charge in [-0.05, 0) is 30.2 Å². The third-order valence-electron chi connectivity index (χ3n) is 4.10. The van der Waals surface area contributed by atoms with E-state index in [1.165, 1.54) is 0 Å². The summed E-state index contributed by atoms with van der Waals surface area (Å²) >= 11 is 0. The molecule has 0 saturated heterocycles. The van der Waals surface area contributed by atoms with Gasteiger partial charge in [0.25, 0.3) is 5.89 Å². The summed E-state index contributed by atoms with van der Waals surface area (Å²) in [5, 5.41) is 10.5. The molecule has 0 amide bonds. The Balaban J connectivity index is 0.00000300. The number of nitrogens with one attached hydrogen (secondary N) is 2. The van der Waals surface area contributed by atoms with Gasteiger partial charge in [0, 0.05) is 32.8 Å². The van der Waals surface area contributed by atoms with Crippen LogP contribution in [0, 0.1) is 0 Å². The van der Waals surface area contributed by atoms with E-state index in [9.17, 15) is 0 Å². The molecule has 0 unspecified atom stereocenters. The molecule has 9 heteroatoms. The summed E-state index contributed by atoms with van der Waals surface area (Å²) in [5.74, 6) is 2.67. The van der Waals surface area contributed by atoms with Crippen LogP contribution in [0.1, 0.15) is 11.4 Å². The van der Waals surface area contributed by atoms with E-state index in [1.54, 1.807) is 20.4 Å². The molecule has 2 N–H and O–H groups in total. The van der Waals surface area contributed by atoms with Gasteiger partial charge in [-0.1, -0.05) is 29.4 Å². The minimum atomic E-state index is 0. The smallest absolute Gasteiger partial charge is 0.276 e. The molecule has 154 valence electrons. The molecule has 0 spiro atoms. The zero-order chi connectivity index (χ0) is 19.6. The fourth-order valence-electron chi connectivity index (χ4n) is 2.69. The molecular weight excluding hydrogens is 483 g/mol. The van der Waals surface area contributed by atoms with Gasteiger partial charge < -0.3 is 19.9 Å². The molecule has 0 aliphatic carbocycles. The van der Waals surface area contributed by atoms with Crippen molar-refractivity contribution < 1.29 is 9.26 Å². The van der Waals surface area contributed by atoms with E-state index >= 15 is 0 Å². The summed E-state index contributed by atoms with van der Waals surface area (Å²) in [5.41, 5.74) is 1.82. The Labute approximate surface area is 187 Å². The first kappa shape index (κ1) is 22.6. The van der Waals surface area contributed by atoms with Crippen LogP contribution in [0.2, 0.25) is 0 Å². The number of benzene rings is 1. The SMILES string of the molecule is CN=C(NCCc1noc(-c2ccccn2)n1)NCCc1ccccc1OC.I. The molecule has 3 rings (SSSR count). The fraction of sp³-hybridized carbons (Fsp3) is 0.300. The zero-order valence-electron chi connectivity index (χ0n) is 16.5. The molecule has 0 bridgehead atoms. The lowest BCUT2D eigenvalue weighted by molar-refractivity contribution is 0.409. The minimum Gasteiger partial charge on any atom is -0.496 e. The Bertz CT molecular complexity index is 901. The van der Waals surface area contributed by atoms with Crippen LogP contribution in [0.5, 0.6) is 5.75 Å². The van der Waals surface area contributed by atoms with Gasteiger partial charge in [0.05, 0.1) is 7.11 Å². The van der Waals surface area contributed by atoms with Crippen LogP contribution in [-0.2, 0) is 12.8 Å². The largest absolute Gasteiger partial charge is 0.496 e. The van der Waals surface area contributed by atoms with E-state index in [0.717, 1.165) is 30.2 Å². The van der Waals surface area contributed by atoms with Gasteiger partial charge in [0.1, 0.15) is 11.4 Å². The summed E-state index contributed by atoms with van der Waals surface area (Å²) in [6.07, 6.45) is 3.15. The summed E-state index contributed by atoms with van der Waals surface area (Å²) in [6, 6.07) is 13.6. The predicted molar refractivity (Wildman–Crippen MR) is 123 cm³/mol. The lowest BCUT2D eigenvalue weighted by Crippen LogP contribution is -2.39. The van der Waals surface area contributed by atoms with Crippen molar-refractivity contribution >= 4 is 29.9 Å². The van der Waals surface area contributed by atoms with Crippen LogP contribution >= 0.6 is 24.0 Å². The van der Waals surface area contributed by atoms with Gasteiger partial charge in [-0.2, -0.15) is 4.98 Å². The maximum Gasteiger partial charge on any atom is 0.276 e. The lowest BCUT2D eigenvalue weighted by Gasteiger charge is -2.12. The average molecular weight is 508 g/mol. The molecule has 0 aliphatic heterocycles. The van der Waals surface area contributed by atoms with Crippen LogP contribution < -0.4 is 15.4 Å². The highest BCUT2D eigenvalue weighted by molar-refractivity contribution is 14.0. The number of hydrogen-bond donors (Lipinski definition) is 2. The summed E-state index contributed by atoms with van der Waals surface area (Å²) < 4.78 is 10.6. The molecule has 29 heavy (non-hydrogen) atoms. The number of aliphatic imine (C=N–C) groups is 1. The number of pyridine rings is 1. The number of ether oxygens (including phenoxy) is 1. The topological polar surface area (TPSA) is 97.5 Å². The first-order valence-electron chi connectivity index (χ1n) is 9.10. The van der Waals surface area contributed by atoms with E-state index in [1.807, 2.05) is 36.4 Å². The van der Waals surface area contributed by atoms with Crippen LogP contribution in [0.25, 0.3) is 11.6 Å². The Kier molecular flexibility index (Phi) is 9.35. The number of methoxy groups -OCH3 is 1. The molecule has 2 aromatic heterocycles. The highest BCUT2D eigenvalue weighted by Crippen LogP contribution is 2.17. The van der Waals surface area contributed by atoms with E-state index in [-0.39, 0.29) is 24.0 Å². The number of para-hydroxylation sites is 1. The van der Waals surface area contributed by atoms with Crippen molar-refractivity contribution in [2.24, 2.45) is 4.99 Å². The quantitative estimate of drug-likeness (QED) is 0.274. The average Bonchev–Trinajstić information content (AvgIpc) is 3.22. The van der Waals surface area contributed by atoms with Crippen molar-refractivity contribution in [2.75, 3.05) is 27.2 Å². The second kappa shape index (κ2) is 12.0. The van der Waals surface area contributed by atoms with E-state index in [2.05, 4.69) is 36.8 Å². The monoisotopic (exact) mass is 508 g/mol. The van der Waals surface area contributed by atoms with Crippen molar-refractivity contribution in [1.82, 2.24) is 25.8 Å². The first-order chi connectivity index (χ1) is 13.8. The van der Waals surface area contributed by atoms with Crippen LogP contribution in [-0.4, -0.2) is 48.3 Å². The number of aromatic nitrogens is 3. The highest BCUT2D eigenvalue weighted by atomic mass is 127. The van der Waals surface area contributed by atoms with Crippen molar-refractivity contribution in [3.63, 3.8) is 0 Å². The number of guanidine groups is 1. The molecule has 1 aromatic carbocycles. The number of rotatable bonds is 8. The van der Waals surface area contributed by atoms with E-state index < -0.39 is 0 Å². The van der Waals surface area contributed by atoms with E-state index in [4.69, 9.17) is 9.26 Å². The Morgan fingerprint density at radius 3 is 2.55 bits per heavy atom. The molecule has 0 saturated carbocycles. The molecule has 8 nitrogen and oxygen atoms in total. The standard InChI is InChI=1S/C20H24N6O2.HI/c1-21-20(23-13-10-15-7-3-4-9-17(15)27-2)24-14-11-18-25-19(28-26-18)16-8-5-6-12-22-16;/h3-9,12H,10-11,13-14H2,1-2H3,(H2,21,23,24);1H. The van der Waals surface area contributed by atoms with Crippen molar-refractivity contribution in [1.29, 1.82) is 0 Å². The van der Waals surface area contributed by atoms with Gasteiger partial charge in [-0.25, -0.2) is 0 Å². The normalized spacial score (nSPS) is 10.9. The first-order valence-corrected chi connectivity index (χ1v) is 9.10.